The lowest BCUT2D eigenvalue weighted by Gasteiger charge is -2.09. The monoisotopic (exact) mass is 254 g/mol. The van der Waals surface area contributed by atoms with Gasteiger partial charge in [0, 0.05) is 26.4 Å². The van der Waals surface area contributed by atoms with Crippen LogP contribution < -0.4 is 0 Å². The fraction of sp³-hybridized carbons (Fsp3) is 1.00. The summed E-state index contributed by atoms with van der Waals surface area (Å²) < 4.78 is 15.0. The van der Waals surface area contributed by atoms with Crippen LogP contribution in [0.3, 0.4) is 0 Å². The Hall–Kier alpha value is -0.200. The van der Waals surface area contributed by atoms with E-state index in [4.69, 9.17) is 24.4 Å². The Labute approximate surface area is 106 Å². The first-order chi connectivity index (χ1) is 8.14. The maximum atomic E-state index is 7.62. The highest BCUT2D eigenvalue weighted by Gasteiger charge is 1.94. The topological polar surface area (TPSA) is 68.2 Å². The molecule has 0 heterocycles. The second-order valence-electron chi connectivity index (χ2n) is 2.71. The summed E-state index contributed by atoms with van der Waals surface area (Å²) in [4.78, 5) is 0. The SMILES string of the molecule is CCOC(C)OCC.CCOCC.OCCO. The van der Waals surface area contributed by atoms with Gasteiger partial charge in [0.1, 0.15) is 0 Å². The molecule has 17 heavy (non-hydrogen) atoms. The lowest BCUT2D eigenvalue weighted by atomic mass is 10.7. The lowest BCUT2D eigenvalue weighted by molar-refractivity contribution is -0.123. The standard InChI is InChI=1S/C6H14O2.C4H10O.C2H6O2/c1-4-7-6(3)8-5-2;1-3-5-4-2;3-1-2-4/h6H,4-5H2,1-3H3;3-4H2,1-2H3;3-4H,1-2H2. The Morgan fingerprint density at radius 3 is 1.24 bits per heavy atom. The quantitative estimate of drug-likeness (QED) is 0.673. The number of hydrogen-bond acceptors (Lipinski definition) is 5. The van der Waals surface area contributed by atoms with Crippen molar-refractivity contribution in [1.82, 2.24) is 0 Å². The minimum Gasteiger partial charge on any atom is -0.394 e. The molecule has 0 aliphatic carbocycles. The first kappa shape index (κ1) is 22.0. The van der Waals surface area contributed by atoms with Crippen LogP contribution in [-0.2, 0) is 14.2 Å². The average molecular weight is 254 g/mol. The zero-order valence-electron chi connectivity index (χ0n) is 11.9. The fourth-order valence-corrected chi connectivity index (χ4v) is 0.722. The van der Waals surface area contributed by atoms with Gasteiger partial charge in [-0.3, -0.25) is 0 Å². The molecule has 0 aliphatic rings. The third kappa shape index (κ3) is 38.9. The summed E-state index contributed by atoms with van der Waals surface area (Å²) in [6.07, 6.45) is -0.0370. The molecule has 5 nitrogen and oxygen atoms in total. The van der Waals surface area contributed by atoms with Gasteiger partial charge in [0.2, 0.25) is 0 Å². The van der Waals surface area contributed by atoms with E-state index in [0.29, 0.717) is 0 Å². The first-order valence-corrected chi connectivity index (χ1v) is 6.16. The van der Waals surface area contributed by atoms with Crippen LogP contribution in [0.5, 0.6) is 0 Å². The summed E-state index contributed by atoms with van der Waals surface area (Å²) in [5.41, 5.74) is 0. The molecule has 0 aromatic rings. The van der Waals surface area contributed by atoms with E-state index in [9.17, 15) is 0 Å². The molecular weight excluding hydrogens is 224 g/mol. The fourth-order valence-electron chi connectivity index (χ4n) is 0.722. The molecule has 0 atom stereocenters. The Balaban J connectivity index is -0.000000188. The van der Waals surface area contributed by atoms with Crippen molar-refractivity contribution in [2.24, 2.45) is 0 Å². The third-order valence-corrected chi connectivity index (χ3v) is 1.31. The minimum atomic E-state index is -0.125. The smallest absolute Gasteiger partial charge is 0.154 e. The van der Waals surface area contributed by atoms with E-state index in [1.54, 1.807) is 0 Å². The second-order valence-corrected chi connectivity index (χ2v) is 2.71. The van der Waals surface area contributed by atoms with Crippen molar-refractivity contribution in [3.05, 3.63) is 0 Å². The molecule has 0 fully saturated rings. The van der Waals surface area contributed by atoms with Crippen LogP contribution >= 0.6 is 0 Å². The maximum Gasteiger partial charge on any atom is 0.154 e. The largest absolute Gasteiger partial charge is 0.394 e. The van der Waals surface area contributed by atoms with Gasteiger partial charge in [-0.2, -0.15) is 0 Å². The molecular formula is C12H30O5. The van der Waals surface area contributed by atoms with Crippen molar-refractivity contribution in [2.75, 3.05) is 39.6 Å². The number of aliphatic hydroxyl groups excluding tert-OH is 2. The van der Waals surface area contributed by atoms with Gasteiger partial charge >= 0.3 is 0 Å². The molecule has 0 unspecified atom stereocenters. The number of rotatable bonds is 7. The lowest BCUT2D eigenvalue weighted by Crippen LogP contribution is -2.11. The summed E-state index contributed by atoms with van der Waals surface area (Å²) in [6, 6.07) is 0. The first-order valence-electron chi connectivity index (χ1n) is 6.16. The Kier molecular flexibility index (Phi) is 32.2. The van der Waals surface area contributed by atoms with Gasteiger partial charge in [-0.1, -0.05) is 0 Å². The zero-order chi connectivity index (χ0) is 13.9. The average Bonchev–Trinajstić information content (AvgIpc) is 2.32. The molecule has 0 spiro atoms. The summed E-state index contributed by atoms with van der Waals surface area (Å²) in [5.74, 6) is 0. The third-order valence-electron chi connectivity index (χ3n) is 1.31. The van der Waals surface area contributed by atoms with E-state index in [1.807, 2.05) is 34.6 Å². The highest BCUT2D eigenvalue weighted by molar-refractivity contribution is 4.26. The molecule has 2 N–H and O–H groups in total. The molecule has 0 saturated heterocycles. The molecule has 0 aromatic carbocycles. The van der Waals surface area contributed by atoms with Gasteiger partial charge in [-0.15, -0.1) is 0 Å². The van der Waals surface area contributed by atoms with E-state index in [2.05, 4.69) is 0 Å². The van der Waals surface area contributed by atoms with E-state index in [0.717, 1.165) is 26.4 Å². The molecule has 0 saturated carbocycles. The van der Waals surface area contributed by atoms with Crippen molar-refractivity contribution in [2.45, 2.75) is 40.9 Å². The molecule has 108 valence electrons. The van der Waals surface area contributed by atoms with Gasteiger partial charge in [-0.05, 0) is 34.6 Å². The van der Waals surface area contributed by atoms with Crippen LogP contribution in [0, 0.1) is 0 Å². The summed E-state index contributed by atoms with van der Waals surface area (Å²) >= 11 is 0. The minimum absolute atomic E-state index is 0.0370. The van der Waals surface area contributed by atoms with Gasteiger partial charge in [0.25, 0.3) is 0 Å². The molecule has 0 amide bonds. The van der Waals surface area contributed by atoms with Crippen molar-refractivity contribution in [3.63, 3.8) is 0 Å². The second kappa shape index (κ2) is 24.9. The Morgan fingerprint density at radius 2 is 1.12 bits per heavy atom. The van der Waals surface area contributed by atoms with Crippen LogP contribution in [0.4, 0.5) is 0 Å². The van der Waals surface area contributed by atoms with Crippen LogP contribution in [0.1, 0.15) is 34.6 Å². The molecule has 5 heteroatoms. The maximum absolute atomic E-state index is 7.62. The zero-order valence-corrected chi connectivity index (χ0v) is 11.9. The number of aliphatic hydroxyl groups is 2. The van der Waals surface area contributed by atoms with Gasteiger partial charge in [-0.25, -0.2) is 0 Å². The summed E-state index contributed by atoms with van der Waals surface area (Å²) in [6.45, 7) is 12.7. The predicted octanol–water partition coefficient (Wildman–Crippen LogP) is 1.42. The number of ether oxygens (including phenoxy) is 3. The predicted molar refractivity (Wildman–Crippen MR) is 69.1 cm³/mol. The van der Waals surface area contributed by atoms with Gasteiger partial charge < -0.3 is 24.4 Å². The van der Waals surface area contributed by atoms with Crippen molar-refractivity contribution >= 4 is 0 Å². The molecule has 0 bridgehead atoms. The summed E-state index contributed by atoms with van der Waals surface area (Å²) in [7, 11) is 0. The van der Waals surface area contributed by atoms with Crippen molar-refractivity contribution in [1.29, 1.82) is 0 Å². The van der Waals surface area contributed by atoms with E-state index in [1.165, 1.54) is 0 Å². The van der Waals surface area contributed by atoms with Crippen LogP contribution in [0.15, 0.2) is 0 Å². The highest BCUT2D eigenvalue weighted by Crippen LogP contribution is 1.90. The normalized spacial score (nSPS) is 9.18. The Bertz CT molecular complexity index is 90.9. The highest BCUT2D eigenvalue weighted by atomic mass is 16.7. The molecule has 0 aromatic heterocycles. The summed E-state index contributed by atoms with van der Waals surface area (Å²) in [5, 5.41) is 15.2. The molecule has 0 radical (unpaired) electrons. The van der Waals surface area contributed by atoms with Crippen LogP contribution in [0.25, 0.3) is 0 Å². The van der Waals surface area contributed by atoms with E-state index >= 15 is 0 Å². The number of hydrogen-bond donors (Lipinski definition) is 2. The molecule has 0 aliphatic heterocycles. The van der Waals surface area contributed by atoms with Crippen molar-refractivity contribution < 1.29 is 24.4 Å². The van der Waals surface area contributed by atoms with Gasteiger partial charge in [0.15, 0.2) is 6.29 Å². The van der Waals surface area contributed by atoms with E-state index in [-0.39, 0.29) is 19.5 Å². The van der Waals surface area contributed by atoms with Crippen LogP contribution in [0.2, 0.25) is 0 Å². The van der Waals surface area contributed by atoms with Gasteiger partial charge in [0.05, 0.1) is 13.2 Å². The Morgan fingerprint density at radius 1 is 0.765 bits per heavy atom. The van der Waals surface area contributed by atoms with Crippen LogP contribution in [-0.4, -0.2) is 56.1 Å². The van der Waals surface area contributed by atoms with Crippen molar-refractivity contribution in [3.8, 4) is 0 Å². The molecule has 0 rings (SSSR count). The van der Waals surface area contributed by atoms with E-state index < -0.39 is 0 Å².